The Labute approximate surface area is 175 Å². The van der Waals surface area contributed by atoms with E-state index in [2.05, 4.69) is 29.7 Å². The number of amides is 1. The highest BCUT2D eigenvalue weighted by atomic mass is 16.5. The number of benzene rings is 1. The van der Waals surface area contributed by atoms with Crippen LogP contribution in [0.1, 0.15) is 57.4 Å². The van der Waals surface area contributed by atoms with E-state index in [0.29, 0.717) is 18.4 Å². The van der Waals surface area contributed by atoms with Gasteiger partial charge in [0.15, 0.2) is 5.96 Å². The summed E-state index contributed by atoms with van der Waals surface area (Å²) in [6, 6.07) is 8.25. The first-order chi connectivity index (χ1) is 14.2. The number of rotatable bonds is 9. The number of hydrogen-bond donors (Lipinski definition) is 2. The molecule has 0 radical (unpaired) electrons. The summed E-state index contributed by atoms with van der Waals surface area (Å²) < 4.78 is 5.29. The number of hydrogen-bond acceptors (Lipinski definition) is 3. The average molecular weight is 401 g/mol. The zero-order chi connectivity index (χ0) is 20.5. The number of guanidine groups is 1. The quantitative estimate of drug-likeness (QED) is 0.492. The minimum absolute atomic E-state index is 0.235. The van der Waals surface area contributed by atoms with E-state index in [4.69, 9.17) is 9.73 Å². The third-order valence-corrected chi connectivity index (χ3v) is 6.22. The standard InChI is InChI=1S/C23H36N4O2/c1-3-24-22(26-18-23(12-6-13-23)14-16-29-2)25-17-19-8-10-20(11-9-19)27-15-5-4-7-21(27)28/h8-11H,3-7,12-18H2,1-2H3,(H2,24,25,26). The van der Waals surface area contributed by atoms with Crippen LogP contribution in [-0.4, -0.2) is 45.2 Å². The largest absolute Gasteiger partial charge is 0.385 e. The Morgan fingerprint density at radius 3 is 2.59 bits per heavy atom. The maximum Gasteiger partial charge on any atom is 0.226 e. The van der Waals surface area contributed by atoms with E-state index in [0.717, 1.165) is 62.7 Å². The lowest BCUT2D eigenvalue weighted by Crippen LogP contribution is -2.46. The first-order valence-electron chi connectivity index (χ1n) is 11.1. The zero-order valence-electron chi connectivity index (χ0n) is 18.0. The number of carbonyl (C=O) groups is 1. The van der Waals surface area contributed by atoms with Gasteiger partial charge in [0.05, 0.1) is 6.54 Å². The molecule has 2 N–H and O–H groups in total. The molecule has 6 nitrogen and oxygen atoms in total. The fraction of sp³-hybridized carbons (Fsp3) is 0.652. The lowest BCUT2D eigenvalue weighted by Gasteiger charge is -2.42. The van der Waals surface area contributed by atoms with Gasteiger partial charge in [-0.05, 0) is 62.1 Å². The van der Waals surface area contributed by atoms with Crippen molar-refractivity contribution in [2.45, 2.75) is 58.4 Å². The molecule has 0 atom stereocenters. The molecule has 3 rings (SSSR count). The fourth-order valence-electron chi connectivity index (χ4n) is 4.15. The van der Waals surface area contributed by atoms with Gasteiger partial charge in [0, 0.05) is 45.5 Å². The van der Waals surface area contributed by atoms with Gasteiger partial charge in [-0.15, -0.1) is 0 Å². The van der Waals surface area contributed by atoms with E-state index in [9.17, 15) is 4.79 Å². The molecule has 1 amide bonds. The van der Waals surface area contributed by atoms with Crippen molar-refractivity contribution in [2.24, 2.45) is 10.4 Å². The van der Waals surface area contributed by atoms with Crippen LogP contribution in [0.4, 0.5) is 5.69 Å². The van der Waals surface area contributed by atoms with E-state index in [-0.39, 0.29) is 5.91 Å². The number of aliphatic imine (C=N–C) groups is 1. The van der Waals surface area contributed by atoms with Crippen LogP contribution in [0.3, 0.4) is 0 Å². The summed E-state index contributed by atoms with van der Waals surface area (Å²) >= 11 is 0. The number of anilines is 1. The maximum absolute atomic E-state index is 12.1. The molecule has 1 saturated carbocycles. The van der Waals surface area contributed by atoms with Gasteiger partial charge in [-0.1, -0.05) is 18.6 Å². The third-order valence-electron chi connectivity index (χ3n) is 6.22. The number of piperidine rings is 1. The Balaban J connectivity index is 1.56. The Bertz CT molecular complexity index is 683. The summed E-state index contributed by atoms with van der Waals surface area (Å²) in [6.07, 6.45) is 7.70. The molecule has 1 aromatic rings. The summed E-state index contributed by atoms with van der Waals surface area (Å²) in [4.78, 5) is 18.8. The summed E-state index contributed by atoms with van der Waals surface area (Å²) in [7, 11) is 1.78. The molecule has 0 bridgehead atoms. The molecule has 0 aromatic heterocycles. The number of nitrogens with one attached hydrogen (secondary N) is 2. The second kappa shape index (κ2) is 10.6. The zero-order valence-corrected chi connectivity index (χ0v) is 18.0. The summed E-state index contributed by atoms with van der Waals surface area (Å²) in [6.45, 7) is 6.14. The minimum Gasteiger partial charge on any atom is -0.385 e. The molecule has 0 spiro atoms. The van der Waals surface area contributed by atoms with Crippen LogP contribution in [0.2, 0.25) is 0 Å². The van der Waals surface area contributed by atoms with Gasteiger partial charge in [0.2, 0.25) is 5.91 Å². The van der Waals surface area contributed by atoms with Crippen LogP contribution < -0.4 is 15.5 Å². The number of carbonyl (C=O) groups excluding carboxylic acids is 1. The summed E-state index contributed by atoms with van der Waals surface area (Å²) in [5.41, 5.74) is 2.50. The minimum atomic E-state index is 0.235. The van der Waals surface area contributed by atoms with Crippen molar-refractivity contribution in [1.82, 2.24) is 10.6 Å². The molecule has 1 aliphatic carbocycles. The SMILES string of the molecule is CCNC(=NCc1ccc(N2CCCCC2=O)cc1)NCC1(CCOC)CCC1. The van der Waals surface area contributed by atoms with Crippen molar-refractivity contribution < 1.29 is 9.53 Å². The molecular formula is C23H36N4O2. The molecule has 160 valence electrons. The van der Waals surface area contributed by atoms with E-state index in [1.807, 2.05) is 17.0 Å². The van der Waals surface area contributed by atoms with Crippen molar-refractivity contribution >= 4 is 17.6 Å². The maximum atomic E-state index is 12.1. The van der Waals surface area contributed by atoms with Gasteiger partial charge >= 0.3 is 0 Å². The van der Waals surface area contributed by atoms with Gasteiger partial charge in [-0.25, -0.2) is 4.99 Å². The molecule has 2 fully saturated rings. The average Bonchev–Trinajstić information content (AvgIpc) is 2.71. The van der Waals surface area contributed by atoms with Crippen molar-refractivity contribution in [3.05, 3.63) is 29.8 Å². The Kier molecular flexibility index (Phi) is 7.92. The fourth-order valence-corrected chi connectivity index (χ4v) is 4.15. The van der Waals surface area contributed by atoms with Gasteiger partial charge in [-0.3, -0.25) is 4.79 Å². The molecule has 29 heavy (non-hydrogen) atoms. The Hall–Kier alpha value is -2.08. The molecule has 1 heterocycles. The van der Waals surface area contributed by atoms with Crippen molar-refractivity contribution in [1.29, 1.82) is 0 Å². The van der Waals surface area contributed by atoms with Crippen molar-refractivity contribution in [2.75, 3.05) is 38.3 Å². The van der Waals surface area contributed by atoms with Gasteiger partial charge in [0.25, 0.3) is 0 Å². The molecular weight excluding hydrogens is 364 g/mol. The lowest BCUT2D eigenvalue weighted by molar-refractivity contribution is -0.119. The second-order valence-electron chi connectivity index (χ2n) is 8.31. The van der Waals surface area contributed by atoms with Crippen LogP contribution in [0.25, 0.3) is 0 Å². The first-order valence-corrected chi connectivity index (χ1v) is 11.1. The highest BCUT2D eigenvalue weighted by Gasteiger charge is 2.36. The molecule has 2 aliphatic rings. The van der Waals surface area contributed by atoms with Crippen LogP contribution in [0, 0.1) is 5.41 Å². The summed E-state index contributed by atoms with van der Waals surface area (Å²) in [5, 5.41) is 6.90. The van der Waals surface area contributed by atoms with E-state index in [1.54, 1.807) is 7.11 Å². The van der Waals surface area contributed by atoms with Crippen molar-refractivity contribution in [3.63, 3.8) is 0 Å². The van der Waals surface area contributed by atoms with E-state index >= 15 is 0 Å². The van der Waals surface area contributed by atoms with Crippen molar-refractivity contribution in [3.8, 4) is 0 Å². The van der Waals surface area contributed by atoms with E-state index in [1.165, 1.54) is 19.3 Å². The third kappa shape index (κ3) is 5.95. The van der Waals surface area contributed by atoms with Gasteiger partial charge in [-0.2, -0.15) is 0 Å². The predicted molar refractivity (Wildman–Crippen MR) is 118 cm³/mol. The van der Waals surface area contributed by atoms with Gasteiger partial charge < -0.3 is 20.3 Å². The van der Waals surface area contributed by atoms with Crippen LogP contribution >= 0.6 is 0 Å². The molecule has 1 aromatic carbocycles. The monoisotopic (exact) mass is 400 g/mol. The Morgan fingerprint density at radius 2 is 1.97 bits per heavy atom. The second-order valence-corrected chi connectivity index (χ2v) is 8.31. The Morgan fingerprint density at radius 1 is 1.17 bits per heavy atom. The highest BCUT2D eigenvalue weighted by Crippen LogP contribution is 2.43. The van der Waals surface area contributed by atoms with Crippen LogP contribution in [-0.2, 0) is 16.1 Å². The number of ether oxygens (including phenoxy) is 1. The molecule has 1 aliphatic heterocycles. The number of methoxy groups -OCH3 is 1. The molecule has 0 unspecified atom stereocenters. The van der Waals surface area contributed by atoms with Crippen LogP contribution in [0.15, 0.2) is 29.3 Å². The number of nitrogens with zero attached hydrogens (tertiary/aromatic N) is 2. The highest BCUT2D eigenvalue weighted by molar-refractivity contribution is 5.93. The van der Waals surface area contributed by atoms with Gasteiger partial charge in [0.1, 0.15) is 0 Å². The smallest absolute Gasteiger partial charge is 0.226 e. The van der Waals surface area contributed by atoms with Crippen LogP contribution in [0.5, 0.6) is 0 Å². The topological polar surface area (TPSA) is 66.0 Å². The lowest BCUT2D eigenvalue weighted by atomic mass is 9.67. The van der Waals surface area contributed by atoms with E-state index < -0.39 is 0 Å². The predicted octanol–water partition coefficient (Wildman–Crippen LogP) is 3.47. The normalized spacial score (nSPS) is 19.0. The summed E-state index contributed by atoms with van der Waals surface area (Å²) in [5.74, 6) is 1.10. The molecule has 1 saturated heterocycles. The molecule has 6 heteroatoms. The first kappa shape index (κ1) is 21.6.